The number of ether oxygens (including phenoxy) is 2. The first-order valence-electron chi connectivity index (χ1n) is 4.71. The van der Waals surface area contributed by atoms with Gasteiger partial charge in [-0.1, -0.05) is 6.92 Å². The van der Waals surface area contributed by atoms with Gasteiger partial charge in [0.25, 0.3) is 0 Å². The predicted octanol–water partition coefficient (Wildman–Crippen LogP) is 1.45. The Labute approximate surface area is 85.8 Å². The maximum Gasteiger partial charge on any atom is 0.183 e. The van der Waals surface area contributed by atoms with E-state index in [1.54, 1.807) is 0 Å². The summed E-state index contributed by atoms with van der Waals surface area (Å²) in [5, 5.41) is 9.79. The van der Waals surface area contributed by atoms with Crippen LogP contribution in [0.15, 0.2) is 0 Å². The number of hydrogen-bond donors (Lipinski definition) is 2. The minimum Gasteiger partial charge on any atom is -0.388 e. The van der Waals surface area contributed by atoms with Gasteiger partial charge < -0.3 is 14.6 Å². The van der Waals surface area contributed by atoms with Crippen LogP contribution in [-0.2, 0) is 9.47 Å². The average molecular weight is 208 g/mol. The molecule has 13 heavy (non-hydrogen) atoms. The zero-order chi connectivity index (χ0) is 10.3. The van der Waals surface area contributed by atoms with Crippen molar-refractivity contribution in [2.75, 3.05) is 13.2 Å². The topological polar surface area (TPSA) is 38.7 Å². The Bertz CT molecular complexity index is 113. The van der Waals surface area contributed by atoms with Crippen LogP contribution in [0, 0.1) is 0 Å². The van der Waals surface area contributed by atoms with Gasteiger partial charge in [-0.3, -0.25) is 0 Å². The van der Waals surface area contributed by atoms with Crippen LogP contribution in [0.2, 0.25) is 0 Å². The standard InChI is InChI=1S/C9H20O3S/c1-4-11-9(12-5-2)8(10)6-7(3)13/h7-10,13H,4-6H2,1-3H3/t7-,8?/m0/s1. The van der Waals surface area contributed by atoms with Crippen LogP contribution in [0.5, 0.6) is 0 Å². The first-order chi connectivity index (χ1) is 6.11. The lowest BCUT2D eigenvalue weighted by molar-refractivity contribution is -0.190. The SMILES string of the molecule is CCOC(OCC)C(O)C[C@H](C)S. The van der Waals surface area contributed by atoms with E-state index in [9.17, 15) is 5.11 Å². The van der Waals surface area contributed by atoms with E-state index in [4.69, 9.17) is 9.47 Å². The molecule has 0 saturated carbocycles. The Morgan fingerprint density at radius 3 is 2.00 bits per heavy atom. The number of thiol groups is 1. The summed E-state index contributed by atoms with van der Waals surface area (Å²) in [6, 6.07) is 0. The molecule has 1 unspecified atom stereocenters. The Kier molecular flexibility index (Phi) is 7.75. The van der Waals surface area contributed by atoms with Crippen molar-refractivity contribution in [3.05, 3.63) is 0 Å². The summed E-state index contributed by atoms with van der Waals surface area (Å²) in [5.74, 6) is 0. The Morgan fingerprint density at radius 1 is 1.23 bits per heavy atom. The number of aliphatic hydroxyl groups is 1. The smallest absolute Gasteiger partial charge is 0.183 e. The molecule has 0 aromatic heterocycles. The fourth-order valence-corrected chi connectivity index (χ4v) is 1.28. The van der Waals surface area contributed by atoms with E-state index >= 15 is 0 Å². The lowest BCUT2D eigenvalue weighted by atomic mass is 10.2. The molecule has 0 aliphatic rings. The van der Waals surface area contributed by atoms with Gasteiger partial charge in [0.1, 0.15) is 6.10 Å². The number of rotatable bonds is 7. The van der Waals surface area contributed by atoms with Gasteiger partial charge in [-0.2, -0.15) is 12.6 Å². The molecule has 0 aliphatic heterocycles. The Hall–Kier alpha value is 0.230. The molecule has 4 heteroatoms. The van der Waals surface area contributed by atoms with Gasteiger partial charge in [-0.25, -0.2) is 0 Å². The van der Waals surface area contributed by atoms with Crippen LogP contribution in [-0.4, -0.2) is 36.0 Å². The molecule has 0 heterocycles. The summed E-state index contributed by atoms with van der Waals surface area (Å²) in [6.45, 7) is 6.78. The molecule has 0 aromatic carbocycles. The van der Waals surface area contributed by atoms with Crippen LogP contribution >= 0.6 is 12.6 Å². The van der Waals surface area contributed by atoms with Gasteiger partial charge in [0, 0.05) is 18.5 Å². The van der Waals surface area contributed by atoms with Gasteiger partial charge >= 0.3 is 0 Å². The summed E-state index contributed by atoms with van der Waals surface area (Å²) >= 11 is 4.20. The molecule has 0 saturated heterocycles. The van der Waals surface area contributed by atoms with Crippen molar-refractivity contribution >= 4 is 12.6 Å². The van der Waals surface area contributed by atoms with Gasteiger partial charge in [0.15, 0.2) is 6.29 Å². The third kappa shape index (κ3) is 6.32. The van der Waals surface area contributed by atoms with E-state index in [1.165, 1.54) is 0 Å². The molecule has 0 aromatic rings. The second-order valence-corrected chi connectivity index (χ2v) is 3.81. The van der Waals surface area contributed by atoms with Gasteiger partial charge in [0.05, 0.1) is 0 Å². The fraction of sp³-hybridized carbons (Fsp3) is 1.00. The lowest BCUT2D eigenvalue weighted by Crippen LogP contribution is -2.33. The van der Waals surface area contributed by atoms with Crippen LogP contribution in [0.3, 0.4) is 0 Å². The summed E-state index contributed by atoms with van der Waals surface area (Å²) in [6.07, 6.45) is -0.523. The molecule has 2 atom stereocenters. The average Bonchev–Trinajstić information content (AvgIpc) is 2.02. The van der Waals surface area contributed by atoms with Gasteiger partial charge in [-0.15, -0.1) is 0 Å². The molecule has 0 rings (SSSR count). The normalized spacial score (nSPS) is 16.2. The summed E-state index contributed by atoms with van der Waals surface area (Å²) in [7, 11) is 0. The third-order valence-corrected chi connectivity index (χ3v) is 1.77. The van der Waals surface area contributed by atoms with E-state index in [1.807, 2.05) is 20.8 Å². The molecule has 0 fully saturated rings. The molecular formula is C9H20O3S. The summed E-state index contributed by atoms with van der Waals surface area (Å²) in [4.78, 5) is 0. The molecule has 3 nitrogen and oxygen atoms in total. The van der Waals surface area contributed by atoms with Crippen molar-refractivity contribution in [2.24, 2.45) is 0 Å². The first-order valence-corrected chi connectivity index (χ1v) is 5.22. The maximum absolute atomic E-state index is 9.64. The van der Waals surface area contributed by atoms with Gasteiger partial charge in [-0.05, 0) is 20.3 Å². The van der Waals surface area contributed by atoms with E-state index in [0.717, 1.165) is 0 Å². The minimum absolute atomic E-state index is 0.151. The summed E-state index contributed by atoms with van der Waals surface area (Å²) < 4.78 is 10.5. The van der Waals surface area contributed by atoms with Crippen molar-refractivity contribution in [3.8, 4) is 0 Å². The largest absolute Gasteiger partial charge is 0.388 e. The highest BCUT2D eigenvalue weighted by molar-refractivity contribution is 7.80. The van der Waals surface area contributed by atoms with Crippen LogP contribution in [0.25, 0.3) is 0 Å². The summed E-state index contributed by atoms with van der Waals surface area (Å²) in [5.41, 5.74) is 0. The predicted molar refractivity (Wildman–Crippen MR) is 56.1 cm³/mol. The third-order valence-electron chi connectivity index (χ3n) is 1.56. The van der Waals surface area contributed by atoms with E-state index in [0.29, 0.717) is 19.6 Å². The van der Waals surface area contributed by atoms with Crippen LogP contribution in [0.1, 0.15) is 27.2 Å². The lowest BCUT2D eigenvalue weighted by Gasteiger charge is -2.23. The monoisotopic (exact) mass is 208 g/mol. The first kappa shape index (κ1) is 13.2. The second kappa shape index (κ2) is 7.62. The quantitative estimate of drug-likeness (QED) is 0.491. The van der Waals surface area contributed by atoms with Gasteiger partial charge in [0.2, 0.25) is 0 Å². The highest BCUT2D eigenvalue weighted by atomic mass is 32.1. The van der Waals surface area contributed by atoms with Crippen molar-refractivity contribution in [1.29, 1.82) is 0 Å². The van der Waals surface area contributed by atoms with Crippen molar-refractivity contribution < 1.29 is 14.6 Å². The molecular weight excluding hydrogens is 188 g/mol. The fourth-order valence-electron chi connectivity index (χ4n) is 1.06. The zero-order valence-electron chi connectivity index (χ0n) is 8.56. The molecule has 0 spiro atoms. The minimum atomic E-state index is -0.590. The molecule has 1 N–H and O–H groups in total. The van der Waals surface area contributed by atoms with E-state index < -0.39 is 12.4 Å². The molecule has 0 radical (unpaired) electrons. The van der Waals surface area contributed by atoms with Crippen molar-refractivity contribution in [1.82, 2.24) is 0 Å². The Balaban J connectivity index is 3.86. The second-order valence-electron chi connectivity index (χ2n) is 2.93. The maximum atomic E-state index is 9.64. The van der Waals surface area contributed by atoms with Crippen LogP contribution < -0.4 is 0 Å². The highest BCUT2D eigenvalue weighted by Gasteiger charge is 2.20. The Morgan fingerprint density at radius 2 is 1.69 bits per heavy atom. The zero-order valence-corrected chi connectivity index (χ0v) is 9.46. The van der Waals surface area contributed by atoms with E-state index in [2.05, 4.69) is 12.6 Å². The van der Waals surface area contributed by atoms with Crippen LogP contribution in [0.4, 0.5) is 0 Å². The molecule has 0 bridgehead atoms. The number of hydrogen-bond acceptors (Lipinski definition) is 4. The van der Waals surface area contributed by atoms with E-state index in [-0.39, 0.29) is 5.25 Å². The molecule has 0 aliphatic carbocycles. The molecule has 0 amide bonds. The van der Waals surface area contributed by atoms with Crippen molar-refractivity contribution in [2.45, 2.75) is 44.8 Å². The highest BCUT2D eigenvalue weighted by Crippen LogP contribution is 2.11. The van der Waals surface area contributed by atoms with Crippen molar-refractivity contribution in [3.63, 3.8) is 0 Å². The molecule has 80 valence electrons. The number of aliphatic hydroxyl groups excluding tert-OH is 1.